The van der Waals surface area contributed by atoms with Gasteiger partial charge >= 0.3 is 0 Å². The zero-order valence-electron chi connectivity index (χ0n) is 11.7. The van der Waals surface area contributed by atoms with E-state index in [4.69, 9.17) is 4.99 Å². The largest absolute Gasteiger partial charge is 0.312 e. The van der Waals surface area contributed by atoms with Crippen LogP contribution in [-0.2, 0) is 4.79 Å². The average Bonchev–Trinajstić information content (AvgIpc) is 2.88. The minimum Gasteiger partial charge on any atom is -0.312 e. The van der Waals surface area contributed by atoms with E-state index >= 15 is 0 Å². The summed E-state index contributed by atoms with van der Waals surface area (Å²) in [4.78, 5) is 19.8. The van der Waals surface area contributed by atoms with E-state index in [-0.39, 0.29) is 5.91 Å². The molecular weight excluding hydrogens is 238 g/mol. The molecule has 0 bridgehead atoms. The Morgan fingerprint density at radius 2 is 2.21 bits per heavy atom. The zero-order chi connectivity index (χ0) is 13.0. The van der Waals surface area contributed by atoms with Gasteiger partial charge in [-0.15, -0.1) is 0 Å². The number of nitrogens with zero attached hydrogens (tertiary/aromatic N) is 2. The van der Waals surface area contributed by atoms with Crippen LogP contribution in [0.5, 0.6) is 0 Å². The molecule has 1 saturated heterocycles. The molecule has 19 heavy (non-hydrogen) atoms. The number of hydrogen-bond donors (Lipinski definition) is 1. The Hall–Kier alpha value is -0.900. The molecule has 0 aromatic heterocycles. The summed E-state index contributed by atoms with van der Waals surface area (Å²) in [6.07, 6.45) is 5.82. The Labute approximate surface area is 114 Å². The minimum absolute atomic E-state index is 0.185. The Balaban J connectivity index is 1.55. The van der Waals surface area contributed by atoms with Crippen molar-refractivity contribution in [2.24, 2.45) is 22.7 Å². The lowest BCUT2D eigenvalue weighted by Crippen LogP contribution is -2.44. The van der Waals surface area contributed by atoms with Crippen LogP contribution >= 0.6 is 0 Å². The van der Waals surface area contributed by atoms with Crippen LogP contribution in [0, 0.1) is 17.8 Å². The zero-order valence-corrected chi connectivity index (χ0v) is 11.7. The third kappa shape index (κ3) is 1.76. The molecule has 2 saturated carbocycles. The summed E-state index contributed by atoms with van der Waals surface area (Å²) < 4.78 is 0. The van der Waals surface area contributed by atoms with Gasteiger partial charge in [0.2, 0.25) is 0 Å². The first-order chi connectivity index (χ1) is 9.21. The van der Waals surface area contributed by atoms with Gasteiger partial charge in [-0.3, -0.25) is 9.79 Å². The van der Waals surface area contributed by atoms with Crippen LogP contribution in [0.25, 0.3) is 0 Å². The first-order valence-corrected chi connectivity index (χ1v) is 7.84. The predicted octanol–water partition coefficient (Wildman–Crippen LogP) is 1.42. The predicted molar refractivity (Wildman–Crippen MR) is 74.0 cm³/mol. The molecule has 2 aliphatic heterocycles. The molecule has 1 N–H and O–H groups in total. The normalized spacial score (nSPS) is 41.7. The smallest absolute Gasteiger partial charge is 0.253 e. The molecule has 4 rings (SSSR count). The van der Waals surface area contributed by atoms with E-state index in [1.807, 2.05) is 0 Å². The maximum Gasteiger partial charge on any atom is 0.253 e. The summed E-state index contributed by atoms with van der Waals surface area (Å²) >= 11 is 0. The number of carbonyl (C=O) groups is 1. The van der Waals surface area contributed by atoms with Crippen molar-refractivity contribution in [3.63, 3.8) is 0 Å². The van der Waals surface area contributed by atoms with Gasteiger partial charge in [-0.05, 0) is 37.5 Å². The monoisotopic (exact) mass is 261 g/mol. The number of likely N-dealkylation sites (tertiary alicyclic amines) is 1. The molecule has 0 aromatic rings. The molecule has 4 heteroatoms. The number of carbonyl (C=O) groups excluding carboxylic acids is 1. The highest BCUT2D eigenvalue weighted by molar-refractivity contribution is 6.08. The highest BCUT2D eigenvalue weighted by Gasteiger charge is 2.59. The molecule has 2 aliphatic carbocycles. The van der Waals surface area contributed by atoms with Crippen molar-refractivity contribution < 1.29 is 4.79 Å². The molecule has 4 aliphatic rings. The van der Waals surface area contributed by atoms with Crippen molar-refractivity contribution in [2.75, 3.05) is 19.6 Å². The quantitative estimate of drug-likeness (QED) is 0.835. The standard InChI is InChI=1S/C15H23N3O/c1-2-13-16-14(19)15(17-13)6-5-11-8-18(9-12(11)15)7-10-3-4-10/h10-12H,2-9H2,1H3,(H,16,17,19)/t11-,12+,15+/m0/s1. The third-order valence-corrected chi connectivity index (χ3v) is 5.56. The fourth-order valence-electron chi connectivity index (χ4n) is 4.35. The first-order valence-electron chi connectivity index (χ1n) is 7.84. The van der Waals surface area contributed by atoms with E-state index in [1.54, 1.807) is 0 Å². The van der Waals surface area contributed by atoms with E-state index in [9.17, 15) is 4.79 Å². The molecule has 104 valence electrons. The number of aliphatic imine (C=N–C) groups is 1. The van der Waals surface area contributed by atoms with Crippen LogP contribution in [-0.4, -0.2) is 41.8 Å². The molecule has 1 amide bonds. The molecule has 4 nitrogen and oxygen atoms in total. The van der Waals surface area contributed by atoms with Crippen molar-refractivity contribution >= 4 is 11.7 Å². The van der Waals surface area contributed by atoms with Crippen LogP contribution < -0.4 is 5.32 Å². The second-order valence-electron chi connectivity index (χ2n) is 6.86. The van der Waals surface area contributed by atoms with Gasteiger partial charge in [-0.2, -0.15) is 0 Å². The lowest BCUT2D eigenvalue weighted by Gasteiger charge is -2.25. The maximum atomic E-state index is 12.4. The van der Waals surface area contributed by atoms with Gasteiger partial charge in [-0.25, -0.2) is 0 Å². The summed E-state index contributed by atoms with van der Waals surface area (Å²) in [6, 6.07) is 0. The van der Waals surface area contributed by atoms with E-state index < -0.39 is 5.54 Å². The summed E-state index contributed by atoms with van der Waals surface area (Å²) in [5.74, 6) is 3.21. The summed E-state index contributed by atoms with van der Waals surface area (Å²) in [5.41, 5.74) is -0.395. The van der Waals surface area contributed by atoms with Gasteiger partial charge in [-0.1, -0.05) is 6.92 Å². The fraction of sp³-hybridized carbons (Fsp3) is 0.867. The van der Waals surface area contributed by atoms with E-state index in [1.165, 1.54) is 32.4 Å². The lowest BCUT2D eigenvalue weighted by atomic mass is 9.85. The average molecular weight is 261 g/mol. The number of rotatable bonds is 3. The number of amides is 1. The molecule has 0 aromatic carbocycles. The number of amidine groups is 1. The van der Waals surface area contributed by atoms with Gasteiger partial charge in [0.25, 0.3) is 5.91 Å². The molecule has 0 radical (unpaired) electrons. The highest BCUT2D eigenvalue weighted by atomic mass is 16.2. The Morgan fingerprint density at radius 1 is 1.37 bits per heavy atom. The van der Waals surface area contributed by atoms with E-state index in [0.29, 0.717) is 11.8 Å². The summed E-state index contributed by atoms with van der Waals surface area (Å²) in [6.45, 7) is 5.62. The van der Waals surface area contributed by atoms with Gasteiger partial charge in [0, 0.05) is 32.0 Å². The van der Waals surface area contributed by atoms with E-state index in [0.717, 1.165) is 31.1 Å². The minimum atomic E-state index is -0.395. The lowest BCUT2D eigenvalue weighted by molar-refractivity contribution is -0.125. The topological polar surface area (TPSA) is 44.7 Å². The van der Waals surface area contributed by atoms with E-state index in [2.05, 4.69) is 17.1 Å². The molecule has 2 heterocycles. The number of nitrogens with one attached hydrogen (secondary N) is 1. The Kier molecular flexibility index (Phi) is 2.53. The van der Waals surface area contributed by atoms with Crippen LogP contribution in [0.2, 0.25) is 0 Å². The van der Waals surface area contributed by atoms with Gasteiger partial charge < -0.3 is 10.2 Å². The van der Waals surface area contributed by atoms with Crippen LogP contribution in [0.3, 0.4) is 0 Å². The van der Waals surface area contributed by atoms with Crippen LogP contribution in [0.15, 0.2) is 4.99 Å². The first kappa shape index (κ1) is 11.9. The number of fused-ring (bicyclic) bond motifs is 2. The van der Waals surface area contributed by atoms with Gasteiger partial charge in [0.1, 0.15) is 11.4 Å². The van der Waals surface area contributed by atoms with Crippen molar-refractivity contribution in [3.05, 3.63) is 0 Å². The molecular formula is C15H23N3O. The maximum absolute atomic E-state index is 12.4. The number of hydrogen-bond acceptors (Lipinski definition) is 3. The molecule has 3 atom stereocenters. The van der Waals surface area contributed by atoms with Gasteiger partial charge in [0.15, 0.2) is 0 Å². The highest BCUT2D eigenvalue weighted by Crippen LogP contribution is 2.49. The van der Waals surface area contributed by atoms with Crippen molar-refractivity contribution in [2.45, 2.75) is 44.6 Å². The summed E-state index contributed by atoms with van der Waals surface area (Å²) in [7, 11) is 0. The molecule has 1 spiro atoms. The van der Waals surface area contributed by atoms with Crippen molar-refractivity contribution in [3.8, 4) is 0 Å². The second-order valence-corrected chi connectivity index (χ2v) is 6.86. The SMILES string of the molecule is CCC1=N[C@@]2(CC[C@H]3CN(CC4CC4)C[C@H]32)C(=O)N1. The second kappa shape index (κ2) is 4.05. The Bertz CT molecular complexity index is 443. The van der Waals surface area contributed by atoms with Gasteiger partial charge in [0.05, 0.1) is 0 Å². The Morgan fingerprint density at radius 3 is 2.89 bits per heavy atom. The molecule has 3 fully saturated rings. The van der Waals surface area contributed by atoms with Crippen molar-refractivity contribution in [1.82, 2.24) is 10.2 Å². The van der Waals surface area contributed by atoms with Crippen molar-refractivity contribution in [1.29, 1.82) is 0 Å². The fourth-order valence-corrected chi connectivity index (χ4v) is 4.35. The molecule has 0 unspecified atom stereocenters. The summed E-state index contributed by atoms with van der Waals surface area (Å²) in [5, 5.41) is 3.01. The third-order valence-electron chi connectivity index (χ3n) is 5.56. The van der Waals surface area contributed by atoms with Crippen LogP contribution in [0.1, 0.15) is 39.0 Å². The van der Waals surface area contributed by atoms with Crippen LogP contribution in [0.4, 0.5) is 0 Å².